The van der Waals surface area contributed by atoms with Crippen molar-refractivity contribution in [2.75, 3.05) is 11.9 Å². The number of ether oxygens (including phenoxy) is 1. The fraction of sp³-hybridized carbons (Fsp3) is 0.267. The predicted molar refractivity (Wildman–Crippen MR) is 79.5 cm³/mol. The molecule has 2 heterocycles. The number of nitrogens with zero attached hydrogens (tertiary/aromatic N) is 1. The van der Waals surface area contributed by atoms with Gasteiger partial charge < -0.3 is 4.74 Å². The highest BCUT2D eigenvalue weighted by atomic mass is 19.4. The number of anilines is 1. The second-order valence-corrected chi connectivity index (χ2v) is 5.69. The van der Waals surface area contributed by atoms with Crippen LogP contribution >= 0.6 is 0 Å². The minimum Gasteiger partial charge on any atom is -0.440 e. The van der Waals surface area contributed by atoms with Crippen LogP contribution < -0.4 is 10.6 Å². The molecule has 3 rings (SSSR count). The van der Waals surface area contributed by atoms with E-state index < -0.39 is 48.5 Å². The minimum atomic E-state index is -4.70. The Hall–Kier alpha value is -3.44. The molecule has 9 nitrogen and oxygen atoms in total. The molecule has 12 heteroatoms. The molecule has 0 bridgehead atoms. The summed E-state index contributed by atoms with van der Waals surface area (Å²) in [6.45, 7) is -1.79. The summed E-state index contributed by atoms with van der Waals surface area (Å²) in [7, 11) is 0. The second kappa shape index (κ2) is 6.37. The molecule has 0 aromatic heterocycles. The van der Waals surface area contributed by atoms with E-state index in [1.165, 1.54) is 12.1 Å². The Kier molecular flexibility index (Phi) is 4.33. The number of fused-ring (bicyclic) bond motifs is 1. The Balaban J connectivity index is 1.77. The van der Waals surface area contributed by atoms with Crippen molar-refractivity contribution in [1.82, 2.24) is 10.2 Å². The van der Waals surface area contributed by atoms with Crippen molar-refractivity contribution in [3.8, 4) is 0 Å². The van der Waals surface area contributed by atoms with E-state index >= 15 is 0 Å². The number of halogens is 3. The van der Waals surface area contributed by atoms with Crippen LogP contribution in [0.4, 0.5) is 23.7 Å². The van der Waals surface area contributed by atoms with Gasteiger partial charge in [-0.1, -0.05) is 0 Å². The molecule has 1 saturated heterocycles. The lowest BCUT2D eigenvalue weighted by atomic mass is 10.1. The highest BCUT2D eigenvalue weighted by molar-refractivity contribution is 6.24. The number of alkyl halides is 3. The monoisotopic (exact) mass is 385 g/mol. The SMILES string of the molecule is O=C1CC(N2C(=O)c3ccc(NC(=O)OCC(F)(F)F)cc3C2=O)C(=O)N1. The van der Waals surface area contributed by atoms with Gasteiger partial charge in [0.1, 0.15) is 6.04 Å². The molecular formula is C15H10F3N3O6. The fourth-order valence-corrected chi connectivity index (χ4v) is 2.67. The number of carbonyl (C=O) groups is 5. The largest absolute Gasteiger partial charge is 0.440 e. The van der Waals surface area contributed by atoms with Crippen LogP contribution in [0.2, 0.25) is 0 Å². The highest BCUT2D eigenvalue weighted by Crippen LogP contribution is 2.29. The van der Waals surface area contributed by atoms with Crippen molar-refractivity contribution >= 4 is 35.4 Å². The van der Waals surface area contributed by atoms with E-state index in [1.54, 1.807) is 0 Å². The summed E-state index contributed by atoms with van der Waals surface area (Å²) in [6, 6.07) is 2.14. The predicted octanol–water partition coefficient (Wildman–Crippen LogP) is 0.808. The first-order valence-electron chi connectivity index (χ1n) is 7.43. The van der Waals surface area contributed by atoms with E-state index in [2.05, 4.69) is 4.74 Å². The zero-order valence-electron chi connectivity index (χ0n) is 13.3. The number of rotatable bonds is 3. The Bertz CT molecular complexity index is 882. The van der Waals surface area contributed by atoms with Gasteiger partial charge in [0.05, 0.1) is 17.5 Å². The third kappa shape index (κ3) is 3.59. The van der Waals surface area contributed by atoms with Crippen molar-refractivity contribution < 1.29 is 41.9 Å². The van der Waals surface area contributed by atoms with Gasteiger partial charge in [-0.2, -0.15) is 13.2 Å². The summed E-state index contributed by atoms with van der Waals surface area (Å²) in [6.07, 6.45) is -6.46. The molecule has 2 aliphatic heterocycles. The van der Waals surface area contributed by atoms with Crippen molar-refractivity contribution in [2.24, 2.45) is 0 Å². The Morgan fingerprint density at radius 1 is 1.19 bits per heavy atom. The van der Waals surface area contributed by atoms with Crippen LogP contribution in [0.1, 0.15) is 27.1 Å². The summed E-state index contributed by atoms with van der Waals surface area (Å²) >= 11 is 0. The Morgan fingerprint density at radius 3 is 2.44 bits per heavy atom. The maximum atomic E-state index is 12.5. The van der Waals surface area contributed by atoms with Gasteiger partial charge in [0.2, 0.25) is 11.8 Å². The zero-order chi connectivity index (χ0) is 19.9. The van der Waals surface area contributed by atoms with Gasteiger partial charge in [0.15, 0.2) is 6.61 Å². The first-order valence-corrected chi connectivity index (χ1v) is 7.43. The summed E-state index contributed by atoms with van der Waals surface area (Å²) < 4.78 is 40.1. The van der Waals surface area contributed by atoms with Gasteiger partial charge in [-0.3, -0.25) is 34.7 Å². The van der Waals surface area contributed by atoms with E-state index in [0.29, 0.717) is 4.90 Å². The normalized spacial score (nSPS) is 19.2. The zero-order valence-corrected chi connectivity index (χ0v) is 13.3. The van der Waals surface area contributed by atoms with E-state index in [0.717, 1.165) is 6.07 Å². The van der Waals surface area contributed by atoms with Gasteiger partial charge in [-0.15, -0.1) is 0 Å². The number of benzene rings is 1. The first-order chi connectivity index (χ1) is 12.6. The van der Waals surface area contributed by atoms with Gasteiger partial charge in [0.25, 0.3) is 11.8 Å². The molecule has 2 aliphatic rings. The second-order valence-electron chi connectivity index (χ2n) is 5.69. The van der Waals surface area contributed by atoms with E-state index in [4.69, 9.17) is 0 Å². The average Bonchev–Trinajstić information content (AvgIpc) is 3.01. The molecule has 5 amide bonds. The third-order valence-corrected chi connectivity index (χ3v) is 3.79. The molecule has 1 atom stereocenters. The smallest absolute Gasteiger partial charge is 0.422 e. The van der Waals surface area contributed by atoms with Gasteiger partial charge in [-0.25, -0.2) is 4.79 Å². The molecule has 1 aromatic rings. The third-order valence-electron chi connectivity index (χ3n) is 3.79. The lowest BCUT2D eigenvalue weighted by Gasteiger charge is -2.18. The molecule has 1 unspecified atom stereocenters. The number of hydrogen-bond acceptors (Lipinski definition) is 6. The van der Waals surface area contributed by atoms with Crippen molar-refractivity contribution in [3.05, 3.63) is 29.3 Å². The molecule has 0 aliphatic carbocycles. The highest BCUT2D eigenvalue weighted by Gasteiger charge is 2.46. The minimum absolute atomic E-state index is 0.0682. The quantitative estimate of drug-likeness (QED) is 0.743. The number of hydrogen-bond donors (Lipinski definition) is 2. The van der Waals surface area contributed by atoms with Crippen LogP contribution in [-0.4, -0.2) is 53.4 Å². The fourth-order valence-electron chi connectivity index (χ4n) is 2.67. The maximum Gasteiger partial charge on any atom is 0.422 e. The summed E-state index contributed by atoms with van der Waals surface area (Å²) in [5.74, 6) is -3.08. The Labute approximate surface area is 148 Å². The molecule has 1 aromatic carbocycles. The molecule has 0 radical (unpaired) electrons. The van der Waals surface area contributed by atoms with Crippen LogP contribution in [-0.2, 0) is 14.3 Å². The molecule has 27 heavy (non-hydrogen) atoms. The number of carbonyl (C=O) groups excluding carboxylic acids is 5. The summed E-state index contributed by atoms with van der Waals surface area (Å²) in [4.78, 5) is 59.9. The van der Waals surface area contributed by atoms with Crippen molar-refractivity contribution in [2.45, 2.75) is 18.6 Å². The van der Waals surface area contributed by atoms with Gasteiger partial charge in [-0.05, 0) is 18.2 Å². The molecule has 2 N–H and O–H groups in total. The standard InChI is InChI=1S/C15H10F3N3O6/c16-15(17,18)5-27-14(26)19-6-1-2-7-8(3-6)13(25)21(12(7)24)9-4-10(22)20-11(9)23/h1-3,9H,4-5H2,(H,19,26)(H,20,22,23). The lowest BCUT2D eigenvalue weighted by molar-refractivity contribution is -0.159. The van der Waals surface area contributed by atoms with Crippen LogP contribution in [0.3, 0.4) is 0 Å². The molecule has 142 valence electrons. The van der Waals surface area contributed by atoms with Crippen LogP contribution in [0, 0.1) is 0 Å². The lowest BCUT2D eigenvalue weighted by Crippen LogP contribution is -2.44. The molecule has 0 spiro atoms. The number of nitrogens with one attached hydrogen (secondary N) is 2. The van der Waals surface area contributed by atoms with Crippen LogP contribution in [0.5, 0.6) is 0 Å². The summed E-state index contributed by atoms with van der Waals surface area (Å²) in [5.41, 5.74) is -0.321. The van der Waals surface area contributed by atoms with Crippen molar-refractivity contribution in [1.29, 1.82) is 0 Å². The Morgan fingerprint density at radius 2 is 1.85 bits per heavy atom. The first kappa shape index (κ1) is 18.4. The average molecular weight is 385 g/mol. The van der Waals surface area contributed by atoms with Gasteiger partial charge in [0, 0.05) is 5.69 Å². The number of amides is 5. The van der Waals surface area contributed by atoms with E-state index in [-0.39, 0.29) is 23.2 Å². The molecule has 0 saturated carbocycles. The van der Waals surface area contributed by atoms with Gasteiger partial charge >= 0.3 is 12.3 Å². The topological polar surface area (TPSA) is 122 Å². The summed E-state index contributed by atoms with van der Waals surface area (Å²) in [5, 5.41) is 3.99. The molecular weight excluding hydrogens is 375 g/mol. The van der Waals surface area contributed by atoms with Crippen LogP contribution in [0.25, 0.3) is 0 Å². The van der Waals surface area contributed by atoms with E-state index in [9.17, 15) is 37.1 Å². The van der Waals surface area contributed by atoms with Crippen LogP contribution in [0.15, 0.2) is 18.2 Å². The maximum absolute atomic E-state index is 12.5. The molecule has 1 fully saturated rings. The van der Waals surface area contributed by atoms with Crippen molar-refractivity contribution in [3.63, 3.8) is 0 Å². The number of imide groups is 2. The van der Waals surface area contributed by atoms with E-state index in [1.807, 2.05) is 10.6 Å².